The number of halogens is 1. The quantitative estimate of drug-likeness (QED) is 0.703. The van der Waals surface area contributed by atoms with Crippen LogP contribution >= 0.6 is 11.6 Å². The summed E-state index contributed by atoms with van der Waals surface area (Å²) in [6.45, 7) is 2.20. The summed E-state index contributed by atoms with van der Waals surface area (Å²) in [5.41, 5.74) is 0. The lowest BCUT2D eigenvalue weighted by molar-refractivity contribution is -0.120. The Morgan fingerprint density at radius 3 is 2.79 bits per heavy atom. The van der Waals surface area contributed by atoms with Crippen LogP contribution in [0.4, 0.5) is 0 Å². The molecule has 1 amide bonds. The van der Waals surface area contributed by atoms with E-state index in [4.69, 9.17) is 11.6 Å². The highest BCUT2D eigenvalue weighted by atomic mass is 35.5. The molecule has 14 heavy (non-hydrogen) atoms. The van der Waals surface area contributed by atoms with E-state index in [0.717, 1.165) is 25.7 Å². The molecule has 1 saturated carbocycles. The van der Waals surface area contributed by atoms with Crippen molar-refractivity contribution in [1.82, 2.24) is 5.32 Å². The molecule has 2 N–H and O–H groups in total. The highest BCUT2D eigenvalue weighted by Crippen LogP contribution is 2.23. The third-order valence-corrected chi connectivity index (χ3v) is 2.97. The summed E-state index contributed by atoms with van der Waals surface area (Å²) in [5.74, 6) is 0.0626. The third-order valence-electron chi connectivity index (χ3n) is 2.77. The molecule has 0 aliphatic heterocycles. The summed E-state index contributed by atoms with van der Waals surface area (Å²) >= 11 is 5.61. The first-order valence-corrected chi connectivity index (χ1v) is 5.64. The topological polar surface area (TPSA) is 49.3 Å². The predicted octanol–water partition coefficient (Wildman–Crippen LogP) is 1.28. The molecule has 4 heteroatoms. The van der Waals surface area contributed by atoms with E-state index in [1.165, 1.54) is 0 Å². The van der Waals surface area contributed by atoms with Crippen LogP contribution < -0.4 is 5.32 Å². The SMILES string of the molecule is CC(Cl)C(=O)NCC1CCCCC1O. The lowest BCUT2D eigenvalue weighted by Gasteiger charge is -2.27. The van der Waals surface area contributed by atoms with Crippen LogP contribution in [0.15, 0.2) is 0 Å². The van der Waals surface area contributed by atoms with Gasteiger partial charge < -0.3 is 10.4 Å². The third kappa shape index (κ3) is 3.46. The number of aliphatic hydroxyl groups is 1. The van der Waals surface area contributed by atoms with Gasteiger partial charge in [0.05, 0.1) is 6.10 Å². The second-order valence-corrected chi connectivity index (χ2v) is 4.63. The Hall–Kier alpha value is -0.280. The molecule has 0 aromatic heterocycles. The second-order valence-electron chi connectivity index (χ2n) is 3.97. The molecule has 1 aliphatic carbocycles. The van der Waals surface area contributed by atoms with E-state index in [1.54, 1.807) is 6.92 Å². The monoisotopic (exact) mass is 219 g/mol. The zero-order chi connectivity index (χ0) is 10.6. The molecule has 0 spiro atoms. The van der Waals surface area contributed by atoms with Gasteiger partial charge in [-0.15, -0.1) is 11.6 Å². The van der Waals surface area contributed by atoms with Gasteiger partial charge in [0.15, 0.2) is 0 Å². The standard InChI is InChI=1S/C10H18ClNO2/c1-7(11)10(14)12-6-8-4-2-3-5-9(8)13/h7-9,13H,2-6H2,1H3,(H,12,14). The molecular formula is C10H18ClNO2. The van der Waals surface area contributed by atoms with Gasteiger partial charge >= 0.3 is 0 Å². The number of rotatable bonds is 3. The zero-order valence-electron chi connectivity index (χ0n) is 8.50. The van der Waals surface area contributed by atoms with Crippen molar-refractivity contribution in [2.24, 2.45) is 5.92 Å². The molecule has 1 rings (SSSR count). The van der Waals surface area contributed by atoms with Gasteiger partial charge in [-0.25, -0.2) is 0 Å². The molecule has 0 aromatic rings. The first-order chi connectivity index (χ1) is 6.61. The van der Waals surface area contributed by atoms with Crippen LogP contribution in [0.5, 0.6) is 0 Å². The van der Waals surface area contributed by atoms with Crippen molar-refractivity contribution in [2.75, 3.05) is 6.54 Å². The van der Waals surface area contributed by atoms with Crippen molar-refractivity contribution in [2.45, 2.75) is 44.1 Å². The maximum absolute atomic E-state index is 11.2. The molecule has 0 aromatic carbocycles. The van der Waals surface area contributed by atoms with E-state index in [1.807, 2.05) is 0 Å². The number of carbonyl (C=O) groups excluding carboxylic acids is 1. The number of carbonyl (C=O) groups is 1. The predicted molar refractivity (Wildman–Crippen MR) is 56.3 cm³/mol. The van der Waals surface area contributed by atoms with Crippen LogP contribution in [0.25, 0.3) is 0 Å². The van der Waals surface area contributed by atoms with Gasteiger partial charge in [0, 0.05) is 12.5 Å². The first-order valence-electron chi connectivity index (χ1n) is 5.21. The van der Waals surface area contributed by atoms with Crippen LogP contribution in [0, 0.1) is 5.92 Å². The number of aliphatic hydroxyl groups excluding tert-OH is 1. The molecule has 3 unspecified atom stereocenters. The maximum atomic E-state index is 11.2. The fourth-order valence-corrected chi connectivity index (χ4v) is 1.88. The number of alkyl halides is 1. The van der Waals surface area contributed by atoms with Crippen LogP contribution in [0.2, 0.25) is 0 Å². The Kier molecular flexibility index (Phi) is 4.69. The highest BCUT2D eigenvalue weighted by molar-refractivity contribution is 6.30. The molecule has 3 atom stereocenters. The minimum atomic E-state index is -0.490. The summed E-state index contributed by atoms with van der Waals surface area (Å²) in [7, 11) is 0. The van der Waals surface area contributed by atoms with Crippen molar-refractivity contribution in [3.63, 3.8) is 0 Å². The normalized spacial score (nSPS) is 29.6. The molecule has 0 saturated heterocycles. The van der Waals surface area contributed by atoms with Crippen molar-refractivity contribution in [1.29, 1.82) is 0 Å². The average molecular weight is 220 g/mol. The van der Waals surface area contributed by atoms with E-state index >= 15 is 0 Å². The molecule has 0 bridgehead atoms. The smallest absolute Gasteiger partial charge is 0.237 e. The van der Waals surface area contributed by atoms with Gasteiger partial charge in [0.25, 0.3) is 0 Å². The van der Waals surface area contributed by atoms with Crippen molar-refractivity contribution < 1.29 is 9.90 Å². The Labute approximate surface area is 89.8 Å². The van der Waals surface area contributed by atoms with Crippen LogP contribution in [0.3, 0.4) is 0 Å². The average Bonchev–Trinajstić information content (AvgIpc) is 2.16. The summed E-state index contributed by atoms with van der Waals surface area (Å²) in [6, 6.07) is 0. The van der Waals surface area contributed by atoms with E-state index in [9.17, 15) is 9.90 Å². The second kappa shape index (κ2) is 5.56. The van der Waals surface area contributed by atoms with E-state index in [0.29, 0.717) is 6.54 Å². The molecule has 3 nitrogen and oxygen atoms in total. The van der Waals surface area contributed by atoms with Crippen molar-refractivity contribution in [3.8, 4) is 0 Å². The van der Waals surface area contributed by atoms with Crippen molar-refractivity contribution in [3.05, 3.63) is 0 Å². The molecular weight excluding hydrogens is 202 g/mol. The van der Waals surface area contributed by atoms with Gasteiger partial charge in [-0.1, -0.05) is 12.8 Å². The summed E-state index contributed by atoms with van der Waals surface area (Å²) in [4.78, 5) is 11.2. The van der Waals surface area contributed by atoms with E-state index in [-0.39, 0.29) is 17.9 Å². The summed E-state index contributed by atoms with van der Waals surface area (Å²) < 4.78 is 0. The number of hydrogen-bond donors (Lipinski definition) is 2. The van der Waals surface area contributed by atoms with Crippen LogP contribution in [-0.2, 0) is 4.79 Å². The molecule has 0 radical (unpaired) electrons. The number of hydrogen-bond acceptors (Lipinski definition) is 2. The highest BCUT2D eigenvalue weighted by Gasteiger charge is 2.23. The molecule has 1 aliphatic rings. The maximum Gasteiger partial charge on any atom is 0.237 e. The number of nitrogens with one attached hydrogen (secondary N) is 1. The lowest BCUT2D eigenvalue weighted by atomic mass is 9.86. The van der Waals surface area contributed by atoms with Crippen molar-refractivity contribution >= 4 is 17.5 Å². The van der Waals surface area contributed by atoms with Gasteiger partial charge in [-0.3, -0.25) is 4.79 Å². The molecule has 82 valence electrons. The molecule has 0 heterocycles. The van der Waals surface area contributed by atoms with Gasteiger partial charge in [0.1, 0.15) is 5.38 Å². The zero-order valence-corrected chi connectivity index (χ0v) is 9.26. The fraction of sp³-hybridized carbons (Fsp3) is 0.900. The Morgan fingerprint density at radius 1 is 1.57 bits per heavy atom. The summed E-state index contributed by atoms with van der Waals surface area (Å²) in [5, 5.41) is 11.9. The van der Waals surface area contributed by atoms with Gasteiger partial charge in [0.2, 0.25) is 5.91 Å². The Morgan fingerprint density at radius 2 is 2.21 bits per heavy atom. The lowest BCUT2D eigenvalue weighted by Crippen LogP contribution is -2.39. The van der Waals surface area contributed by atoms with Crippen LogP contribution in [0.1, 0.15) is 32.6 Å². The van der Waals surface area contributed by atoms with E-state index in [2.05, 4.69) is 5.32 Å². The minimum absolute atomic E-state index is 0.149. The summed E-state index contributed by atoms with van der Waals surface area (Å²) in [6.07, 6.45) is 3.84. The Bertz CT molecular complexity index is 197. The van der Waals surface area contributed by atoms with Gasteiger partial charge in [-0.05, 0) is 19.8 Å². The van der Waals surface area contributed by atoms with Gasteiger partial charge in [-0.2, -0.15) is 0 Å². The fourth-order valence-electron chi connectivity index (χ4n) is 1.80. The molecule has 1 fully saturated rings. The van der Waals surface area contributed by atoms with Crippen LogP contribution in [-0.4, -0.2) is 29.0 Å². The Balaban J connectivity index is 2.26. The number of amides is 1. The van der Waals surface area contributed by atoms with E-state index < -0.39 is 5.38 Å². The largest absolute Gasteiger partial charge is 0.393 e. The minimum Gasteiger partial charge on any atom is -0.393 e. The first kappa shape index (κ1) is 11.8.